The molecule has 5 heteroatoms. The van der Waals surface area contributed by atoms with Crippen LogP contribution in [0.1, 0.15) is 44.8 Å². The number of nitrogens with zero attached hydrogens (tertiary/aromatic N) is 1. The van der Waals surface area contributed by atoms with Crippen molar-refractivity contribution in [1.29, 1.82) is 0 Å². The van der Waals surface area contributed by atoms with Gasteiger partial charge in [0.1, 0.15) is 24.1 Å². The predicted octanol–water partition coefficient (Wildman–Crippen LogP) is 2.02. The van der Waals surface area contributed by atoms with Crippen molar-refractivity contribution in [2.75, 3.05) is 6.54 Å². The topological polar surface area (TPSA) is 62.6 Å². The van der Waals surface area contributed by atoms with Crippen molar-refractivity contribution in [2.45, 2.75) is 46.2 Å². The van der Waals surface area contributed by atoms with Crippen molar-refractivity contribution in [3.05, 3.63) is 23.7 Å². The molecule has 20 heavy (non-hydrogen) atoms. The summed E-state index contributed by atoms with van der Waals surface area (Å²) in [7, 11) is 0. The first-order valence-electron chi connectivity index (χ1n) is 7.04. The maximum Gasteiger partial charge on any atom is 0.246 e. The van der Waals surface area contributed by atoms with Gasteiger partial charge < -0.3 is 14.6 Å². The third-order valence-corrected chi connectivity index (χ3v) is 3.58. The number of furan rings is 1. The molecule has 0 aromatic carbocycles. The van der Waals surface area contributed by atoms with Crippen LogP contribution in [-0.4, -0.2) is 29.3 Å². The molecule has 2 unspecified atom stereocenters. The van der Waals surface area contributed by atoms with Gasteiger partial charge in [0.15, 0.2) is 0 Å². The van der Waals surface area contributed by atoms with Crippen molar-refractivity contribution >= 4 is 11.8 Å². The summed E-state index contributed by atoms with van der Waals surface area (Å²) >= 11 is 0. The van der Waals surface area contributed by atoms with E-state index in [2.05, 4.69) is 5.32 Å². The Morgan fingerprint density at radius 3 is 2.60 bits per heavy atom. The second kappa shape index (κ2) is 5.69. The maximum atomic E-state index is 12.5. The van der Waals surface area contributed by atoms with Crippen LogP contribution in [0.2, 0.25) is 0 Å². The van der Waals surface area contributed by atoms with E-state index in [1.807, 2.05) is 39.8 Å². The molecule has 0 saturated carbocycles. The van der Waals surface area contributed by atoms with Crippen molar-refractivity contribution in [3.63, 3.8) is 0 Å². The van der Waals surface area contributed by atoms with Crippen LogP contribution in [0.5, 0.6) is 0 Å². The number of rotatable bonds is 4. The molecule has 5 nitrogen and oxygen atoms in total. The van der Waals surface area contributed by atoms with Crippen LogP contribution in [-0.2, 0) is 9.59 Å². The molecular weight excluding hydrogens is 256 g/mol. The number of hydrogen-bond donors (Lipinski definition) is 1. The summed E-state index contributed by atoms with van der Waals surface area (Å²) in [6.07, 6.45) is 0.658. The molecule has 1 fully saturated rings. The van der Waals surface area contributed by atoms with Gasteiger partial charge in [-0.15, -0.1) is 0 Å². The van der Waals surface area contributed by atoms with Gasteiger partial charge in [0.05, 0.1) is 6.04 Å². The first-order valence-corrected chi connectivity index (χ1v) is 7.04. The first-order chi connectivity index (χ1) is 9.38. The summed E-state index contributed by atoms with van der Waals surface area (Å²) in [5.74, 6) is 1.74. The van der Waals surface area contributed by atoms with Gasteiger partial charge in [-0.25, -0.2) is 0 Å². The minimum absolute atomic E-state index is 0.0279. The summed E-state index contributed by atoms with van der Waals surface area (Å²) in [6.45, 7) is 7.92. The molecular formula is C15H22N2O3. The Morgan fingerprint density at radius 2 is 2.05 bits per heavy atom. The van der Waals surface area contributed by atoms with Crippen molar-refractivity contribution in [2.24, 2.45) is 5.92 Å². The molecule has 2 heterocycles. The zero-order chi connectivity index (χ0) is 14.9. The molecule has 1 aliphatic heterocycles. The fraction of sp³-hybridized carbons (Fsp3) is 0.600. The number of amides is 2. The minimum atomic E-state index is -0.422. The van der Waals surface area contributed by atoms with Crippen LogP contribution < -0.4 is 5.32 Å². The van der Waals surface area contributed by atoms with E-state index >= 15 is 0 Å². The SMILES string of the molecule is Cc1ccc(C(C)N2CC(=O)NC(CC(C)C)C2=O)o1. The molecule has 1 saturated heterocycles. The fourth-order valence-corrected chi connectivity index (χ4v) is 2.52. The van der Waals surface area contributed by atoms with Gasteiger partial charge in [-0.2, -0.15) is 0 Å². The van der Waals surface area contributed by atoms with E-state index in [1.54, 1.807) is 4.90 Å². The average Bonchev–Trinajstić information content (AvgIpc) is 2.78. The second-order valence-electron chi connectivity index (χ2n) is 5.84. The molecule has 110 valence electrons. The summed E-state index contributed by atoms with van der Waals surface area (Å²) in [5, 5.41) is 2.78. The molecule has 1 aliphatic rings. The summed E-state index contributed by atoms with van der Waals surface area (Å²) in [4.78, 5) is 25.9. The van der Waals surface area contributed by atoms with Crippen LogP contribution in [0, 0.1) is 12.8 Å². The number of carbonyl (C=O) groups excluding carboxylic acids is 2. The Balaban J connectivity index is 2.17. The number of nitrogens with one attached hydrogen (secondary N) is 1. The van der Waals surface area contributed by atoms with E-state index < -0.39 is 6.04 Å². The number of hydrogen-bond acceptors (Lipinski definition) is 3. The molecule has 2 atom stereocenters. The highest BCUT2D eigenvalue weighted by molar-refractivity contribution is 5.95. The fourth-order valence-electron chi connectivity index (χ4n) is 2.52. The van der Waals surface area contributed by atoms with Gasteiger partial charge in [-0.1, -0.05) is 13.8 Å². The predicted molar refractivity (Wildman–Crippen MR) is 75.0 cm³/mol. The lowest BCUT2D eigenvalue weighted by molar-refractivity contribution is -0.147. The summed E-state index contributed by atoms with van der Waals surface area (Å²) in [5.41, 5.74) is 0. The molecule has 0 bridgehead atoms. The van der Waals surface area contributed by atoms with Crippen LogP contribution in [0.4, 0.5) is 0 Å². The van der Waals surface area contributed by atoms with Gasteiger partial charge >= 0.3 is 0 Å². The number of carbonyl (C=O) groups is 2. The van der Waals surface area contributed by atoms with Crippen LogP contribution in [0.3, 0.4) is 0 Å². The molecule has 2 amide bonds. The Labute approximate surface area is 119 Å². The molecule has 2 rings (SSSR count). The highest BCUT2D eigenvalue weighted by Crippen LogP contribution is 2.25. The highest BCUT2D eigenvalue weighted by Gasteiger charge is 2.36. The second-order valence-corrected chi connectivity index (χ2v) is 5.84. The zero-order valence-electron chi connectivity index (χ0n) is 12.5. The van der Waals surface area contributed by atoms with E-state index in [-0.39, 0.29) is 24.4 Å². The summed E-state index contributed by atoms with van der Waals surface area (Å²) in [6, 6.07) is 3.08. The van der Waals surface area contributed by atoms with Crippen molar-refractivity contribution in [1.82, 2.24) is 10.2 Å². The number of piperazine rings is 1. The van der Waals surface area contributed by atoms with Gasteiger partial charge in [0, 0.05) is 0 Å². The Bertz CT molecular complexity index is 507. The third-order valence-electron chi connectivity index (χ3n) is 3.58. The average molecular weight is 278 g/mol. The normalized spacial score (nSPS) is 21.2. The molecule has 1 N–H and O–H groups in total. The van der Waals surface area contributed by atoms with Gasteiger partial charge in [-0.3, -0.25) is 9.59 Å². The molecule has 0 radical (unpaired) electrons. The van der Waals surface area contributed by atoms with Gasteiger partial charge in [0.2, 0.25) is 11.8 Å². The standard InChI is InChI=1S/C15H22N2O3/c1-9(2)7-12-15(19)17(8-14(18)16-12)11(4)13-6-5-10(3)20-13/h5-6,9,11-12H,7-8H2,1-4H3,(H,16,18). The van der Waals surface area contributed by atoms with Crippen molar-refractivity contribution in [3.8, 4) is 0 Å². The Hall–Kier alpha value is -1.78. The maximum absolute atomic E-state index is 12.5. The lowest BCUT2D eigenvalue weighted by atomic mass is 10.00. The third kappa shape index (κ3) is 3.03. The van der Waals surface area contributed by atoms with E-state index in [9.17, 15) is 9.59 Å². The zero-order valence-corrected chi connectivity index (χ0v) is 12.5. The minimum Gasteiger partial charge on any atom is -0.464 e. The Morgan fingerprint density at radius 1 is 1.35 bits per heavy atom. The molecule has 0 aliphatic carbocycles. The molecule has 1 aromatic rings. The smallest absolute Gasteiger partial charge is 0.246 e. The van der Waals surface area contributed by atoms with E-state index in [4.69, 9.17) is 4.42 Å². The Kier molecular flexibility index (Phi) is 4.16. The van der Waals surface area contributed by atoms with Gasteiger partial charge in [0.25, 0.3) is 0 Å². The van der Waals surface area contributed by atoms with Crippen LogP contribution in [0.25, 0.3) is 0 Å². The van der Waals surface area contributed by atoms with E-state index in [1.165, 1.54) is 0 Å². The quantitative estimate of drug-likeness (QED) is 0.916. The largest absolute Gasteiger partial charge is 0.464 e. The number of aryl methyl sites for hydroxylation is 1. The first kappa shape index (κ1) is 14.6. The molecule has 1 aromatic heterocycles. The van der Waals surface area contributed by atoms with E-state index in [0.29, 0.717) is 18.1 Å². The lowest BCUT2D eigenvalue weighted by Gasteiger charge is -2.36. The highest BCUT2D eigenvalue weighted by atomic mass is 16.3. The monoisotopic (exact) mass is 278 g/mol. The van der Waals surface area contributed by atoms with Gasteiger partial charge in [-0.05, 0) is 38.3 Å². The van der Waals surface area contributed by atoms with Crippen LogP contribution in [0.15, 0.2) is 16.5 Å². The van der Waals surface area contributed by atoms with E-state index in [0.717, 1.165) is 5.76 Å². The van der Waals surface area contributed by atoms with Crippen LogP contribution >= 0.6 is 0 Å². The summed E-state index contributed by atoms with van der Waals surface area (Å²) < 4.78 is 5.57. The van der Waals surface area contributed by atoms with Crippen molar-refractivity contribution < 1.29 is 14.0 Å². The molecule has 0 spiro atoms. The lowest BCUT2D eigenvalue weighted by Crippen LogP contribution is -2.58.